The Morgan fingerprint density at radius 3 is 2.13 bits per heavy atom. The van der Waals surface area contributed by atoms with E-state index in [-0.39, 0.29) is 16.1 Å². The number of nitrogens with one attached hydrogen (secondary N) is 1. The molecule has 0 radical (unpaired) electrons. The van der Waals surface area contributed by atoms with Crippen molar-refractivity contribution in [3.8, 4) is 0 Å². The second-order valence-corrected chi connectivity index (χ2v) is 4.99. The molecule has 0 spiro atoms. The molecular weight excluding hydrogens is 235 g/mol. The van der Waals surface area contributed by atoms with E-state index < -0.39 is 0 Å². The van der Waals surface area contributed by atoms with Crippen molar-refractivity contribution in [2.45, 2.75) is 32.2 Å². The first-order valence-electron chi connectivity index (χ1n) is 4.82. The number of hydrogen-bond donors (Lipinski definition) is 1. The Morgan fingerprint density at radius 1 is 1.13 bits per heavy atom. The highest BCUT2D eigenvalue weighted by Crippen LogP contribution is 2.40. The third kappa shape index (κ3) is 2.69. The summed E-state index contributed by atoms with van der Waals surface area (Å²) in [6.45, 7) is 4.24. The van der Waals surface area contributed by atoms with E-state index >= 15 is 0 Å². The summed E-state index contributed by atoms with van der Waals surface area (Å²) in [7, 11) is 0. The zero-order valence-corrected chi connectivity index (χ0v) is 10.1. The first kappa shape index (κ1) is 10.9. The maximum Gasteiger partial charge on any atom is 0.228 e. The third-order valence-electron chi connectivity index (χ3n) is 2.61. The first-order chi connectivity index (χ1) is 6.97. The highest BCUT2D eigenvalue weighted by atomic mass is 35.5. The predicted octanol–water partition coefficient (Wildman–Crippen LogP) is 2.78. The molecule has 0 bridgehead atoms. The van der Waals surface area contributed by atoms with Crippen LogP contribution in [0.1, 0.15) is 26.7 Å². The van der Waals surface area contributed by atoms with Gasteiger partial charge in [-0.1, -0.05) is 0 Å². The van der Waals surface area contributed by atoms with Crippen LogP contribution in [0, 0.1) is 5.92 Å². The van der Waals surface area contributed by atoms with E-state index in [0.717, 1.165) is 0 Å². The molecule has 82 valence electrons. The minimum Gasteiger partial charge on any atom is -0.349 e. The zero-order valence-electron chi connectivity index (χ0n) is 8.59. The van der Waals surface area contributed by atoms with E-state index in [1.165, 1.54) is 12.8 Å². The van der Waals surface area contributed by atoms with Crippen molar-refractivity contribution in [1.82, 2.24) is 15.0 Å². The van der Waals surface area contributed by atoms with Crippen LogP contribution in [0.4, 0.5) is 5.95 Å². The number of nitrogens with zero attached hydrogens (tertiary/aromatic N) is 3. The molecule has 0 amide bonds. The van der Waals surface area contributed by atoms with Gasteiger partial charge < -0.3 is 5.32 Å². The van der Waals surface area contributed by atoms with Crippen molar-refractivity contribution < 1.29 is 0 Å². The largest absolute Gasteiger partial charge is 0.349 e. The van der Waals surface area contributed by atoms with Crippen LogP contribution in [0.3, 0.4) is 0 Å². The second-order valence-electron chi connectivity index (χ2n) is 4.32. The van der Waals surface area contributed by atoms with Crippen molar-refractivity contribution in [1.29, 1.82) is 0 Å². The van der Waals surface area contributed by atoms with Crippen LogP contribution in [0.15, 0.2) is 0 Å². The lowest BCUT2D eigenvalue weighted by Gasteiger charge is -2.25. The summed E-state index contributed by atoms with van der Waals surface area (Å²) >= 11 is 11.4. The fourth-order valence-corrected chi connectivity index (χ4v) is 1.94. The maximum atomic E-state index is 5.69. The molecule has 1 fully saturated rings. The molecule has 0 aliphatic heterocycles. The molecule has 1 aliphatic carbocycles. The van der Waals surface area contributed by atoms with Crippen molar-refractivity contribution in [2.75, 3.05) is 5.32 Å². The number of anilines is 1. The van der Waals surface area contributed by atoms with E-state index in [4.69, 9.17) is 23.2 Å². The number of aromatic nitrogens is 3. The van der Waals surface area contributed by atoms with Crippen LogP contribution in [0.5, 0.6) is 0 Å². The van der Waals surface area contributed by atoms with Gasteiger partial charge >= 0.3 is 0 Å². The molecule has 0 unspecified atom stereocenters. The lowest BCUT2D eigenvalue weighted by atomic mass is 9.99. The third-order valence-corrected chi connectivity index (χ3v) is 2.95. The van der Waals surface area contributed by atoms with Crippen molar-refractivity contribution in [3.63, 3.8) is 0 Å². The average molecular weight is 247 g/mol. The smallest absolute Gasteiger partial charge is 0.228 e. The molecule has 4 nitrogen and oxygen atoms in total. The van der Waals surface area contributed by atoms with Gasteiger partial charge in [-0.25, -0.2) is 0 Å². The molecule has 1 aromatic heterocycles. The lowest BCUT2D eigenvalue weighted by molar-refractivity contribution is 0.490. The van der Waals surface area contributed by atoms with Gasteiger partial charge in [0.05, 0.1) is 0 Å². The molecule has 2 rings (SSSR count). The SMILES string of the molecule is CC(C)(Nc1nc(Cl)nc(Cl)n1)C1CC1. The Kier molecular flexibility index (Phi) is 2.73. The van der Waals surface area contributed by atoms with Gasteiger partial charge in [-0.05, 0) is 55.8 Å². The van der Waals surface area contributed by atoms with Crippen molar-refractivity contribution in [2.24, 2.45) is 5.92 Å². The molecule has 0 aromatic carbocycles. The maximum absolute atomic E-state index is 5.69. The Bertz CT molecular complexity index is 356. The summed E-state index contributed by atoms with van der Waals surface area (Å²) in [6.07, 6.45) is 2.49. The normalized spacial score (nSPS) is 16.5. The van der Waals surface area contributed by atoms with Gasteiger partial charge in [-0.15, -0.1) is 0 Å². The van der Waals surface area contributed by atoms with Crippen molar-refractivity contribution >= 4 is 29.2 Å². The summed E-state index contributed by atoms with van der Waals surface area (Å²) < 4.78 is 0. The fourth-order valence-electron chi connectivity index (χ4n) is 1.58. The van der Waals surface area contributed by atoms with Crippen LogP contribution >= 0.6 is 23.2 Å². The first-order valence-corrected chi connectivity index (χ1v) is 5.58. The Balaban J connectivity index is 2.16. The van der Waals surface area contributed by atoms with Gasteiger partial charge in [0.25, 0.3) is 0 Å². The van der Waals surface area contributed by atoms with E-state index in [1.807, 2.05) is 0 Å². The molecule has 6 heteroatoms. The summed E-state index contributed by atoms with van der Waals surface area (Å²) in [5.74, 6) is 1.11. The number of hydrogen-bond acceptors (Lipinski definition) is 4. The van der Waals surface area contributed by atoms with Crippen LogP contribution in [-0.4, -0.2) is 20.5 Å². The molecular formula is C9H12Cl2N4. The number of halogens is 2. The fraction of sp³-hybridized carbons (Fsp3) is 0.667. The Labute approximate surface area is 98.4 Å². The molecule has 1 heterocycles. The van der Waals surface area contributed by atoms with Gasteiger partial charge in [0.15, 0.2) is 0 Å². The predicted molar refractivity (Wildman–Crippen MR) is 60.3 cm³/mol. The van der Waals surface area contributed by atoms with Gasteiger partial charge in [0.1, 0.15) is 0 Å². The second kappa shape index (κ2) is 3.76. The van der Waals surface area contributed by atoms with Crippen LogP contribution in [-0.2, 0) is 0 Å². The van der Waals surface area contributed by atoms with E-state index in [0.29, 0.717) is 11.9 Å². The molecule has 1 aromatic rings. The minimum atomic E-state index is -0.0198. The molecule has 0 atom stereocenters. The molecule has 1 aliphatic rings. The van der Waals surface area contributed by atoms with Gasteiger partial charge in [-0.3, -0.25) is 0 Å². The summed E-state index contributed by atoms with van der Waals surface area (Å²) in [5, 5.41) is 3.46. The van der Waals surface area contributed by atoms with Crippen molar-refractivity contribution in [3.05, 3.63) is 10.6 Å². The molecule has 1 N–H and O–H groups in total. The van der Waals surface area contributed by atoms with Crippen LogP contribution < -0.4 is 5.32 Å². The molecule has 15 heavy (non-hydrogen) atoms. The number of rotatable bonds is 3. The van der Waals surface area contributed by atoms with E-state index in [1.54, 1.807) is 0 Å². The quantitative estimate of drug-likeness (QED) is 0.892. The monoisotopic (exact) mass is 246 g/mol. The standard InChI is InChI=1S/C9H12Cl2N4/c1-9(2,5-3-4-5)15-8-13-6(10)12-7(11)14-8/h5H,3-4H2,1-2H3,(H,12,13,14,15). The van der Waals surface area contributed by atoms with Gasteiger partial charge in [0, 0.05) is 5.54 Å². The van der Waals surface area contributed by atoms with E-state index in [2.05, 4.69) is 34.1 Å². The van der Waals surface area contributed by atoms with E-state index in [9.17, 15) is 0 Å². The van der Waals surface area contributed by atoms with Gasteiger partial charge in [-0.2, -0.15) is 15.0 Å². The highest BCUT2D eigenvalue weighted by molar-refractivity contribution is 6.31. The molecule has 1 saturated carbocycles. The zero-order chi connectivity index (χ0) is 11.1. The Morgan fingerprint density at radius 2 is 1.67 bits per heavy atom. The summed E-state index contributed by atoms with van der Waals surface area (Å²) in [4.78, 5) is 11.6. The summed E-state index contributed by atoms with van der Waals surface area (Å²) in [5.41, 5.74) is -0.0198. The topological polar surface area (TPSA) is 50.7 Å². The van der Waals surface area contributed by atoms with Crippen LogP contribution in [0.25, 0.3) is 0 Å². The van der Waals surface area contributed by atoms with Gasteiger partial charge in [0.2, 0.25) is 16.5 Å². The highest BCUT2D eigenvalue weighted by Gasteiger charge is 2.38. The average Bonchev–Trinajstić information content (AvgIpc) is 2.80. The summed E-state index contributed by atoms with van der Waals surface area (Å²) in [6, 6.07) is 0. The Hall–Kier alpha value is -0.610. The molecule has 0 saturated heterocycles. The van der Waals surface area contributed by atoms with Crippen LogP contribution in [0.2, 0.25) is 10.6 Å². The minimum absolute atomic E-state index is 0.0198. The lowest BCUT2D eigenvalue weighted by Crippen LogP contribution is -2.34.